The third kappa shape index (κ3) is 5.26. The zero-order chi connectivity index (χ0) is 24.2. The summed E-state index contributed by atoms with van der Waals surface area (Å²) < 4.78 is 16.9. The van der Waals surface area contributed by atoms with Crippen LogP contribution < -0.4 is 14.8 Å². The fourth-order valence-electron chi connectivity index (χ4n) is 4.77. The summed E-state index contributed by atoms with van der Waals surface area (Å²) in [6, 6.07) is 15.9. The average molecular weight is 476 g/mol. The molecule has 1 saturated carbocycles. The second-order valence-corrected chi connectivity index (χ2v) is 9.10. The van der Waals surface area contributed by atoms with Crippen molar-refractivity contribution >= 4 is 16.8 Å². The molecule has 1 atom stereocenters. The summed E-state index contributed by atoms with van der Waals surface area (Å²) in [5.41, 5.74) is 3.67. The molecule has 2 aromatic carbocycles. The fourth-order valence-corrected chi connectivity index (χ4v) is 4.77. The Hall–Kier alpha value is -3.16. The van der Waals surface area contributed by atoms with Gasteiger partial charge < -0.3 is 19.5 Å². The van der Waals surface area contributed by atoms with Gasteiger partial charge in [0.2, 0.25) is 0 Å². The zero-order valence-electron chi connectivity index (χ0n) is 20.5. The van der Waals surface area contributed by atoms with Gasteiger partial charge >= 0.3 is 0 Å². The molecule has 0 bridgehead atoms. The molecule has 35 heavy (non-hydrogen) atoms. The zero-order valence-corrected chi connectivity index (χ0v) is 20.5. The van der Waals surface area contributed by atoms with Crippen molar-refractivity contribution < 1.29 is 19.0 Å². The molecule has 1 aliphatic carbocycles. The Balaban J connectivity index is 1.41. The fraction of sp³-hybridized carbons (Fsp3) is 0.429. The van der Waals surface area contributed by atoms with E-state index in [2.05, 4.69) is 16.3 Å². The Morgan fingerprint density at radius 3 is 2.69 bits per heavy atom. The number of pyridine rings is 1. The summed E-state index contributed by atoms with van der Waals surface area (Å²) >= 11 is 0. The topological polar surface area (TPSA) is 72.9 Å². The van der Waals surface area contributed by atoms with Gasteiger partial charge in [-0.25, -0.2) is 0 Å². The highest BCUT2D eigenvalue weighted by molar-refractivity contribution is 6.06. The van der Waals surface area contributed by atoms with Crippen molar-refractivity contribution in [2.75, 3.05) is 46.6 Å². The maximum atomic E-state index is 13.5. The molecule has 2 aliphatic rings. The van der Waals surface area contributed by atoms with E-state index in [0.29, 0.717) is 43.6 Å². The Kier molecular flexibility index (Phi) is 7.16. The van der Waals surface area contributed by atoms with E-state index in [4.69, 9.17) is 19.2 Å². The molecule has 2 fully saturated rings. The van der Waals surface area contributed by atoms with Crippen LogP contribution in [-0.4, -0.2) is 62.4 Å². The Bertz CT molecular complexity index is 1190. The van der Waals surface area contributed by atoms with Gasteiger partial charge in [0.05, 0.1) is 44.1 Å². The smallest absolute Gasteiger partial charge is 0.252 e. The number of carbonyl (C=O) groups is 1. The van der Waals surface area contributed by atoms with Crippen LogP contribution in [0, 0.1) is 0 Å². The lowest BCUT2D eigenvalue weighted by Gasteiger charge is -2.35. The summed E-state index contributed by atoms with van der Waals surface area (Å²) in [5.74, 6) is 1.83. The van der Waals surface area contributed by atoms with Crippen LogP contribution in [0.3, 0.4) is 0 Å². The largest absolute Gasteiger partial charge is 0.493 e. The van der Waals surface area contributed by atoms with E-state index in [-0.39, 0.29) is 11.9 Å². The minimum Gasteiger partial charge on any atom is -0.493 e. The number of carbonyl (C=O) groups excluding carboxylic acids is 1. The molecule has 0 radical (unpaired) electrons. The van der Waals surface area contributed by atoms with Crippen molar-refractivity contribution in [1.82, 2.24) is 15.2 Å². The van der Waals surface area contributed by atoms with Crippen LogP contribution in [0.25, 0.3) is 10.9 Å². The number of fused-ring (bicyclic) bond motifs is 1. The number of para-hydroxylation sites is 1. The van der Waals surface area contributed by atoms with Crippen molar-refractivity contribution in [3.8, 4) is 11.5 Å². The first-order valence-electron chi connectivity index (χ1n) is 12.5. The van der Waals surface area contributed by atoms with Gasteiger partial charge in [-0.3, -0.25) is 14.7 Å². The number of benzene rings is 2. The lowest BCUT2D eigenvalue weighted by molar-refractivity contribution is 0.0162. The molecule has 7 nitrogen and oxygen atoms in total. The predicted octanol–water partition coefficient (Wildman–Crippen LogP) is 4.32. The average Bonchev–Trinajstić information content (AvgIpc) is 3.75. The molecule has 1 amide bonds. The lowest BCUT2D eigenvalue weighted by Crippen LogP contribution is -2.43. The lowest BCUT2D eigenvalue weighted by atomic mass is 10.0. The quantitative estimate of drug-likeness (QED) is 0.497. The van der Waals surface area contributed by atoms with Gasteiger partial charge in [-0.1, -0.05) is 24.3 Å². The van der Waals surface area contributed by atoms with Crippen LogP contribution in [0.5, 0.6) is 11.5 Å². The molecule has 5 rings (SSSR count). The van der Waals surface area contributed by atoms with Gasteiger partial charge in [0.1, 0.15) is 0 Å². The monoisotopic (exact) mass is 475 g/mol. The first-order chi connectivity index (χ1) is 17.2. The molecule has 7 heteroatoms. The summed E-state index contributed by atoms with van der Waals surface area (Å²) in [7, 11) is 1.65. The van der Waals surface area contributed by atoms with Gasteiger partial charge in [0.15, 0.2) is 11.5 Å². The molecular weight excluding hydrogens is 442 g/mol. The molecule has 0 spiro atoms. The van der Waals surface area contributed by atoms with Crippen molar-refractivity contribution in [2.45, 2.75) is 31.7 Å². The summed E-state index contributed by atoms with van der Waals surface area (Å²) in [6.07, 6.45) is 2.29. The molecule has 1 aliphatic heterocycles. The molecule has 184 valence electrons. The Labute approximate surface area is 206 Å². The first kappa shape index (κ1) is 23.6. The van der Waals surface area contributed by atoms with Crippen LogP contribution in [0.15, 0.2) is 48.5 Å². The minimum atomic E-state index is -0.0679. The minimum absolute atomic E-state index is 0.0107. The third-order valence-electron chi connectivity index (χ3n) is 6.79. The molecule has 2 heterocycles. The molecule has 1 unspecified atom stereocenters. The van der Waals surface area contributed by atoms with Gasteiger partial charge in [0.25, 0.3) is 5.91 Å². The standard InChI is InChI=1S/C28H33N3O4/c1-3-35-26-11-10-20(16-27(26)33-2)25(31-12-14-34-15-13-31)18-29-28(32)22-17-24(19-8-9-19)30-23-7-5-4-6-21(22)23/h4-7,10-11,16-17,19,25H,3,8-9,12-15,18H2,1-2H3,(H,29,32). The second kappa shape index (κ2) is 10.6. The molecule has 1 saturated heterocycles. The van der Waals surface area contributed by atoms with Crippen LogP contribution in [0.2, 0.25) is 0 Å². The number of morpholine rings is 1. The van der Waals surface area contributed by atoms with Crippen LogP contribution in [0.4, 0.5) is 0 Å². The Morgan fingerprint density at radius 2 is 1.94 bits per heavy atom. The maximum Gasteiger partial charge on any atom is 0.252 e. The van der Waals surface area contributed by atoms with Gasteiger partial charge in [-0.2, -0.15) is 0 Å². The van der Waals surface area contributed by atoms with Crippen molar-refractivity contribution in [3.63, 3.8) is 0 Å². The number of methoxy groups -OCH3 is 1. The van der Waals surface area contributed by atoms with Crippen molar-refractivity contribution in [2.24, 2.45) is 0 Å². The van der Waals surface area contributed by atoms with E-state index in [0.717, 1.165) is 53.8 Å². The highest BCUT2D eigenvalue weighted by Gasteiger charge is 2.28. The first-order valence-corrected chi connectivity index (χ1v) is 12.5. The van der Waals surface area contributed by atoms with Gasteiger partial charge in [0, 0.05) is 36.6 Å². The van der Waals surface area contributed by atoms with Gasteiger partial charge in [-0.05, 0) is 49.6 Å². The van der Waals surface area contributed by atoms with E-state index >= 15 is 0 Å². The maximum absolute atomic E-state index is 13.5. The third-order valence-corrected chi connectivity index (χ3v) is 6.79. The molecule has 3 aromatic rings. The van der Waals surface area contributed by atoms with Crippen LogP contribution in [-0.2, 0) is 4.74 Å². The SMILES string of the molecule is CCOc1ccc(C(CNC(=O)c2cc(C3CC3)nc3ccccc23)N2CCOCC2)cc1OC. The summed E-state index contributed by atoms with van der Waals surface area (Å²) in [6.45, 7) is 5.97. The number of nitrogens with one attached hydrogen (secondary N) is 1. The summed E-state index contributed by atoms with van der Waals surface area (Å²) in [4.78, 5) is 20.7. The van der Waals surface area contributed by atoms with Crippen molar-refractivity contribution in [3.05, 3.63) is 65.4 Å². The van der Waals surface area contributed by atoms with E-state index in [1.165, 1.54) is 0 Å². The van der Waals surface area contributed by atoms with E-state index in [1.807, 2.05) is 49.4 Å². The molecular formula is C28H33N3O4. The highest BCUT2D eigenvalue weighted by Crippen LogP contribution is 2.40. The Morgan fingerprint density at radius 1 is 1.14 bits per heavy atom. The normalized spacial score (nSPS) is 17.2. The number of amides is 1. The summed E-state index contributed by atoms with van der Waals surface area (Å²) in [5, 5.41) is 4.12. The number of nitrogens with zero attached hydrogens (tertiary/aromatic N) is 2. The number of hydrogen-bond acceptors (Lipinski definition) is 6. The second-order valence-electron chi connectivity index (χ2n) is 9.10. The number of ether oxygens (including phenoxy) is 3. The van der Waals surface area contributed by atoms with E-state index < -0.39 is 0 Å². The predicted molar refractivity (Wildman–Crippen MR) is 135 cm³/mol. The van der Waals surface area contributed by atoms with Crippen LogP contribution in [0.1, 0.15) is 53.3 Å². The molecule has 1 N–H and O–H groups in total. The molecule has 1 aromatic heterocycles. The van der Waals surface area contributed by atoms with E-state index in [1.54, 1.807) is 7.11 Å². The van der Waals surface area contributed by atoms with Crippen molar-refractivity contribution in [1.29, 1.82) is 0 Å². The number of hydrogen-bond donors (Lipinski definition) is 1. The van der Waals surface area contributed by atoms with E-state index in [9.17, 15) is 4.79 Å². The number of rotatable bonds is 9. The van der Waals surface area contributed by atoms with Crippen LogP contribution >= 0.6 is 0 Å². The van der Waals surface area contributed by atoms with Gasteiger partial charge in [-0.15, -0.1) is 0 Å². The highest BCUT2D eigenvalue weighted by atomic mass is 16.5. The number of aromatic nitrogens is 1.